The SMILES string of the molecule is COc1cc(/C=C2\SC(Nc3ccccc3)N([C@@H]3CCCC[C@H]3C)C2=O)ccc1OCc1ccc(Br)cc1. The average molecular weight is 594 g/mol. The summed E-state index contributed by atoms with van der Waals surface area (Å²) in [6, 6.07) is 24.2. The van der Waals surface area contributed by atoms with Gasteiger partial charge in [0.05, 0.1) is 12.0 Å². The molecule has 5 rings (SSSR count). The van der Waals surface area contributed by atoms with Crippen LogP contribution in [-0.4, -0.2) is 29.5 Å². The van der Waals surface area contributed by atoms with Crippen molar-refractivity contribution in [3.63, 3.8) is 0 Å². The molecular weight excluding hydrogens is 560 g/mol. The van der Waals surface area contributed by atoms with Crippen LogP contribution in [0.1, 0.15) is 43.7 Å². The normalized spacial score (nSPS) is 22.5. The maximum absolute atomic E-state index is 13.8. The van der Waals surface area contributed by atoms with Crippen molar-refractivity contribution < 1.29 is 14.3 Å². The molecule has 0 spiro atoms. The summed E-state index contributed by atoms with van der Waals surface area (Å²) in [5.41, 5.74) is 2.85. The van der Waals surface area contributed by atoms with Crippen molar-refractivity contribution in [1.29, 1.82) is 0 Å². The lowest BCUT2D eigenvalue weighted by Crippen LogP contribution is -2.48. The molecule has 2 fully saturated rings. The number of carbonyl (C=O) groups is 1. The van der Waals surface area contributed by atoms with Gasteiger partial charge in [-0.3, -0.25) is 4.79 Å². The highest BCUT2D eigenvalue weighted by molar-refractivity contribution is 9.10. The molecule has 1 amide bonds. The zero-order chi connectivity index (χ0) is 26.5. The lowest BCUT2D eigenvalue weighted by atomic mass is 9.85. The first-order chi connectivity index (χ1) is 18.5. The summed E-state index contributed by atoms with van der Waals surface area (Å²) in [7, 11) is 1.64. The smallest absolute Gasteiger partial charge is 0.262 e. The van der Waals surface area contributed by atoms with E-state index in [9.17, 15) is 4.79 Å². The Morgan fingerprint density at radius 3 is 2.53 bits per heavy atom. The van der Waals surface area contributed by atoms with Crippen LogP contribution < -0.4 is 14.8 Å². The number of ether oxygens (including phenoxy) is 2. The standard InChI is InChI=1S/C31H33BrN2O3S/c1-21-8-6-7-11-26(21)34-30(35)29(38-31(34)33-25-9-4-3-5-10-25)19-23-14-17-27(28(18-23)36-2)37-20-22-12-15-24(32)16-13-22/h3-5,9-10,12-19,21,26,31,33H,6-8,11,20H2,1-2H3/b29-19-/t21-,26-,31?/m1/s1. The number of methoxy groups -OCH3 is 1. The summed E-state index contributed by atoms with van der Waals surface area (Å²) in [5.74, 6) is 1.89. The molecule has 1 unspecified atom stereocenters. The van der Waals surface area contributed by atoms with Crippen LogP contribution in [0.15, 0.2) is 82.2 Å². The number of benzene rings is 3. The maximum atomic E-state index is 13.8. The molecule has 1 saturated heterocycles. The number of rotatable bonds is 8. The minimum Gasteiger partial charge on any atom is -0.493 e. The number of carbonyl (C=O) groups excluding carboxylic acids is 1. The van der Waals surface area contributed by atoms with E-state index in [1.54, 1.807) is 18.9 Å². The number of amides is 1. The Bertz CT molecular complexity index is 1280. The summed E-state index contributed by atoms with van der Waals surface area (Å²) in [6.07, 6.45) is 6.59. The van der Waals surface area contributed by atoms with Gasteiger partial charge in [-0.15, -0.1) is 0 Å². The van der Waals surface area contributed by atoms with Crippen molar-refractivity contribution in [3.05, 3.63) is 93.3 Å². The zero-order valence-corrected chi connectivity index (χ0v) is 24.1. The molecule has 0 aromatic heterocycles. The van der Waals surface area contributed by atoms with E-state index >= 15 is 0 Å². The summed E-state index contributed by atoms with van der Waals surface area (Å²) in [4.78, 5) is 16.6. The van der Waals surface area contributed by atoms with E-state index in [1.165, 1.54) is 12.8 Å². The second-order valence-electron chi connectivity index (χ2n) is 9.86. The van der Waals surface area contributed by atoms with Crippen molar-refractivity contribution >= 4 is 45.4 Å². The molecule has 1 heterocycles. The molecule has 2 aliphatic rings. The minimum absolute atomic E-state index is 0.0942. The van der Waals surface area contributed by atoms with Gasteiger partial charge >= 0.3 is 0 Å². The van der Waals surface area contributed by atoms with Crippen LogP contribution in [0.4, 0.5) is 5.69 Å². The third-order valence-corrected chi connectivity index (χ3v) is 8.86. The summed E-state index contributed by atoms with van der Waals surface area (Å²) in [5, 5.41) is 3.60. The molecule has 5 nitrogen and oxygen atoms in total. The highest BCUT2D eigenvalue weighted by Gasteiger charge is 2.42. The van der Waals surface area contributed by atoms with Crippen molar-refractivity contribution in [1.82, 2.24) is 4.90 Å². The number of hydrogen-bond acceptors (Lipinski definition) is 5. The molecule has 0 bridgehead atoms. The first kappa shape index (κ1) is 26.7. The average Bonchev–Trinajstić information content (AvgIpc) is 3.23. The Kier molecular flexibility index (Phi) is 8.65. The molecule has 1 aliphatic heterocycles. The molecular formula is C31H33BrN2O3S. The molecule has 3 atom stereocenters. The van der Waals surface area contributed by atoms with Crippen LogP contribution in [0.2, 0.25) is 0 Å². The summed E-state index contributed by atoms with van der Waals surface area (Å²) < 4.78 is 12.7. The lowest BCUT2D eigenvalue weighted by Gasteiger charge is -2.39. The Morgan fingerprint density at radius 2 is 1.79 bits per heavy atom. The van der Waals surface area contributed by atoms with Gasteiger partial charge in [0.2, 0.25) is 0 Å². The number of nitrogens with one attached hydrogen (secondary N) is 1. The molecule has 38 heavy (non-hydrogen) atoms. The number of anilines is 1. The molecule has 1 saturated carbocycles. The molecule has 7 heteroatoms. The molecule has 198 valence electrons. The topological polar surface area (TPSA) is 50.8 Å². The Balaban J connectivity index is 1.37. The fraction of sp³-hybridized carbons (Fsp3) is 0.323. The predicted molar refractivity (Wildman–Crippen MR) is 159 cm³/mol. The van der Waals surface area contributed by atoms with Gasteiger partial charge in [-0.2, -0.15) is 0 Å². The fourth-order valence-corrected chi connectivity index (χ4v) is 6.63. The van der Waals surface area contributed by atoms with Gasteiger partial charge in [0.25, 0.3) is 5.91 Å². The highest BCUT2D eigenvalue weighted by Crippen LogP contribution is 2.42. The molecule has 3 aromatic rings. The monoisotopic (exact) mass is 592 g/mol. The van der Waals surface area contributed by atoms with E-state index in [2.05, 4.69) is 33.1 Å². The summed E-state index contributed by atoms with van der Waals surface area (Å²) in [6.45, 7) is 2.72. The quantitative estimate of drug-likeness (QED) is 0.269. The third-order valence-electron chi connectivity index (χ3n) is 7.22. The Hall–Kier alpha value is -2.90. The number of thioether (sulfide) groups is 1. The minimum atomic E-state index is -0.142. The largest absolute Gasteiger partial charge is 0.493 e. The number of hydrogen-bond donors (Lipinski definition) is 1. The van der Waals surface area contributed by atoms with Crippen molar-refractivity contribution in [3.8, 4) is 11.5 Å². The van der Waals surface area contributed by atoms with Crippen LogP contribution >= 0.6 is 27.7 Å². The van der Waals surface area contributed by atoms with Crippen LogP contribution in [0.25, 0.3) is 6.08 Å². The fourth-order valence-electron chi connectivity index (χ4n) is 5.15. The predicted octanol–water partition coefficient (Wildman–Crippen LogP) is 7.93. The summed E-state index contributed by atoms with van der Waals surface area (Å²) >= 11 is 5.05. The van der Waals surface area contributed by atoms with E-state index < -0.39 is 0 Å². The van der Waals surface area contributed by atoms with Crippen LogP contribution in [0, 0.1) is 5.92 Å². The zero-order valence-electron chi connectivity index (χ0n) is 21.7. The van der Waals surface area contributed by atoms with Crippen molar-refractivity contribution in [2.45, 2.75) is 50.8 Å². The van der Waals surface area contributed by atoms with Gasteiger partial charge in [0, 0.05) is 16.2 Å². The van der Waals surface area contributed by atoms with Crippen LogP contribution in [0.5, 0.6) is 11.5 Å². The van der Waals surface area contributed by atoms with Crippen LogP contribution in [-0.2, 0) is 11.4 Å². The van der Waals surface area contributed by atoms with Gasteiger partial charge in [-0.25, -0.2) is 0 Å². The highest BCUT2D eigenvalue weighted by atomic mass is 79.9. The Morgan fingerprint density at radius 1 is 1.03 bits per heavy atom. The molecule has 1 aliphatic carbocycles. The third kappa shape index (κ3) is 6.21. The first-order valence-corrected chi connectivity index (χ1v) is 14.8. The van der Waals surface area contributed by atoms with E-state index in [4.69, 9.17) is 9.47 Å². The second-order valence-corrected chi connectivity index (χ2v) is 11.9. The Labute approximate surface area is 237 Å². The van der Waals surface area contributed by atoms with Gasteiger partial charge in [-0.05, 0) is 72.4 Å². The lowest BCUT2D eigenvalue weighted by molar-refractivity contribution is -0.129. The number of halogens is 1. The van der Waals surface area contributed by atoms with E-state index in [0.717, 1.165) is 39.0 Å². The van der Waals surface area contributed by atoms with Gasteiger partial charge < -0.3 is 19.7 Å². The van der Waals surface area contributed by atoms with E-state index in [0.29, 0.717) is 24.0 Å². The van der Waals surface area contributed by atoms with E-state index in [-0.39, 0.29) is 17.4 Å². The number of nitrogens with zero attached hydrogens (tertiary/aromatic N) is 1. The first-order valence-electron chi connectivity index (χ1n) is 13.1. The second kappa shape index (κ2) is 12.3. The van der Waals surface area contributed by atoms with Crippen molar-refractivity contribution in [2.24, 2.45) is 5.92 Å². The number of para-hydroxylation sites is 1. The molecule has 1 N–H and O–H groups in total. The molecule has 3 aromatic carbocycles. The maximum Gasteiger partial charge on any atom is 0.262 e. The van der Waals surface area contributed by atoms with E-state index in [1.807, 2.05) is 78.9 Å². The molecule has 0 radical (unpaired) electrons. The van der Waals surface area contributed by atoms with Crippen LogP contribution in [0.3, 0.4) is 0 Å². The van der Waals surface area contributed by atoms with Gasteiger partial charge in [0.15, 0.2) is 17.0 Å². The van der Waals surface area contributed by atoms with Gasteiger partial charge in [-0.1, -0.05) is 83.9 Å². The van der Waals surface area contributed by atoms with Crippen molar-refractivity contribution in [2.75, 3.05) is 12.4 Å². The van der Waals surface area contributed by atoms with Gasteiger partial charge in [0.1, 0.15) is 6.61 Å².